The zero-order valence-corrected chi connectivity index (χ0v) is 36.4. The van der Waals surface area contributed by atoms with E-state index in [2.05, 4.69) is 44.7 Å². The first-order chi connectivity index (χ1) is 29.9. The van der Waals surface area contributed by atoms with Crippen molar-refractivity contribution in [1.29, 1.82) is 0 Å². The molecule has 0 spiro atoms. The molecule has 2 heterocycles. The van der Waals surface area contributed by atoms with Crippen molar-refractivity contribution in [3.8, 4) is 5.75 Å². The predicted octanol–water partition coefficient (Wildman–Crippen LogP) is 11.3. The summed E-state index contributed by atoms with van der Waals surface area (Å²) in [6.45, 7) is 9.90. The lowest BCUT2D eigenvalue weighted by Gasteiger charge is -2.44. The molecule has 5 saturated carbocycles. The van der Waals surface area contributed by atoms with E-state index in [1.807, 2.05) is 26.8 Å². The Morgan fingerprint density at radius 2 is 1.38 bits per heavy atom. The lowest BCUT2D eigenvalue weighted by molar-refractivity contribution is -0.160. The van der Waals surface area contributed by atoms with Gasteiger partial charge in [-0.2, -0.15) is 0 Å². The molecule has 2 aliphatic heterocycles. The number of amides is 2. The summed E-state index contributed by atoms with van der Waals surface area (Å²) in [4.78, 5) is 31.5. The number of hydrogen-bond acceptors (Lipinski definition) is 5. The highest BCUT2D eigenvalue weighted by molar-refractivity contribution is 5.94. The number of fused-ring (bicyclic) bond motifs is 3. The first-order valence-electron chi connectivity index (χ1n) is 22.5. The molecule has 2 amide bonds. The molecule has 3 unspecified atom stereocenters. The highest BCUT2D eigenvalue weighted by atomic mass is 19.3. The van der Waals surface area contributed by atoms with E-state index in [-0.39, 0.29) is 66.2 Å². The molecular weight excluding hydrogens is 812 g/mol. The summed E-state index contributed by atoms with van der Waals surface area (Å²) in [5.41, 5.74) is 8.87. The molecule has 0 radical (unpaired) electrons. The van der Waals surface area contributed by atoms with E-state index in [0.717, 1.165) is 75.3 Å². The minimum atomic E-state index is -2.75. The Labute approximate surface area is 365 Å². The first kappa shape index (κ1) is 41.9. The summed E-state index contributed by atoms with van der Waals surface area (Å²) in [5, 5.41) is 6.31. The van der Waals surface area contributed by atoms with E-state index in [0.29, 0.717) is 56.9 Å². The van der Waals surface area contributed by atoms with Crippen LogP contribution in [-0.2, 0) is 29.1 Å². The minimum absolute atomic E-state index is 0.00865. The highest BCUT2D eigenvalue weighted by Crippen LogP contribution is 2.62. The Kier molecular flexibility index (Phi) is 10.1. The van der Waals surface area contributed by atoms with Crippen LogP contribution in [0, 0.1) is 55.1 Å². The molecule has 2 N–H and O–H groups in total. The number of carbonyl (C=O) groups excluding carboxylic acids is 2. The molecule has 5 fully saturated rings. The fraction of sp³-hybridized carbons (Fsp3) is 0.490. The average Bonchev–Trinajstić information content (AvgIpc) is 3.88. The Morgan fingerprint density at radius 1 is 0.762 bits per heavy atom. The van der Waals surface area contributed by atoms with Gasteiger partial charge in [0, 0.05) is 85.6 Å². The van der Waals surface area contributed by atoms with Gasteiger partial charge in [0.05, 0.1) is 6.54 Å². The van der Waals surface area contributed by atoms with Gasteiger partial charge in [-0.1, -0.05) is 19.1 Å². The number of aryl methyl sites for hydroxylation is 3. The van der Waals surface area contributed by atoms with Crippen LogP contribution in [0.2, 0.25) is 0 Å². The van der Waals surface area contributed by atoms with Crippen LogP contribution in [0.25, 0.3) is 0 Å². The van der Waals surface area contributed by atoms with Crippen LogP contribution in [0.4, 0.5) is 44.7 Å². The van der Waals surface area contributed by atoms with Gasteiger partial charge < -0.3 is 25.2 Å². The van der Waals surface area contributed by atoms with Gasteiger partial charge in [-0.05, 0) is 151 Å². The fourth-order valence-electron chi connectivity index (χ4n) is 12.1. The summed E-state index contributed by atoms with van der Waals surface area (Å²) in [7, 11) is 0. The Bertz CT molecular complexity index is 2490. The molecule has 4 aromatic carbocycles. The molecule has 7 nitrogen and oxygen atoms in total. The molecule has 4 aromatic rings. The van der Waals surface area contributed by atoms with E-state index >= 15 is 0 Å². The molecular formula is C51H55F5N4O3. The van der Waals surface area contributed by atoms with Crippen molar-refractivity contribution in [2.75, 3.05) is 33.5 Å². The number of ether oxygens (including phenoxy) is 1. The number of anilines is 4. The maximum Gasteiger partial charge on any atom is 0.249 e. The predicted molar refractivity (Wildman–Crippen MR) is 234 cm³/mol. The average molecular weight is 867 g/mol. The third kappa shape index (κ3) is 8.16. The molecule has 63 heavy (non-hydrogen) atoms. The maximum atomic E-state index is 14.9. The van der Waals surface area contributed by atoms with Gasteiger partial charge in [-0.25, -0.2) is 22.0 Å². The van der Waals surface area contributed by atoms with Crippen molar-refractivity contribution in [3.63, 3.8) is 0 Å². The zero-order chi connectivity index (χ0) is 44.2. The zero-order valence-electron chi connectivity index (χ0n) is 36.4. The Morgan fingerprint density at radius 3 is 2.06 bits per heavy atom. The molecule has 2 bridgehead atoms. The summed E-state index contributed by atoms with van der Waals surface area (Å²) in [6, 6.07) is 17.9. The third-order valence-corrected chi connectivity index (χ3v) is 15.1. The highest BCUT2D eigenvalue weighted by Gasteiger charge is 2.57. The lowest BCUT2D eigenvalue weighted by Crippen LogP contribution is -2.45. The standard InChI is InChI=1S/C51H55F5N4O3/c1-28-11-37(12-29(2)47(28)57-46(62)22-50-18-34(19-50)42(54)20-50)60-24-33-6-8-36(53)15-43(33)63-44(25-60)40-17-39(40)41-16-38(59-10-9-31-14-35(52)7-5-32(31)23-59)13-30(3)48(41)58-45(61)21-49(4)26-51(55,56)27-49/h5-8,11-16,34,39-40,42,44H,9-10,17-27H2,1-4H3,(H,57,62)(H,58,61)/t34?,39?,40?,42-,44?,50?/m0/s1. The van der Waals surface area contributed by atoms with Gasteiger partial charge in [0.1, 0.15) is 29.7 Å². The van der Waals surface area contributed by atoms with E-state index in [4.69, 9.17) is 4.74 Å². The number of rotatable bonds is 10. The Hall–Kier alpha value is -5.13. The molecule has 0 aromatic heterocycles. The van der Waals surface area contributed by atoms with Gasteiger partial charge in [-0.3, -0.25) is 9.59 Å². The van der Waals surface area contributed by atoms with Crippen LogP contribution in [-0.4, -0.2) is 43.1 Å². The number of hydrogen-bond donors (Lipinski definition) is 2. The smallest absolute Gasteiger partial charge is 0.249 e. The van der Waals surface area contributed by atoms with Crippen LogP contribution >= 0.6 is 0 Å². The van der Waals surface area contributed by atoms with Gasteiger partial charge in [-0.15, -0.1) is 0 Å². The van der Waals surface area contributed by atoms with E-state index in [9.17, 15) is 31.5 Å². The molecule has 4 atom stereocenters. The number of alkyl halides is 3. The molecule has 0 saturated heterocycles. The summed E-state index contributed by atoms with van der Waals surface area (Å²) in [6.07, 6.45) is 1.97. The van der Waals surface area contributed by atoms with Gasteiger partial charge in [0.25, 0.3) is 0 Å². The number of nitrogens with zero attached hydrogens (tertiary/aromatic N) is 2. The van der Waals surface area contributed by atoms with Gasteiger partial charge in [0.15, 0.2) is 0 Å². The number of nitrogens with one attached hydrogen (secondary N) is 2. The van der Waals surface area contributed by atoms with Crippen molar-refractivity contribution in [2.24, 2.45) is 22.7 Å². The quantitative estimate of drug-likeness (QED) is 0.155. The van der Waals surface area contributed by atoms with Crippen LogP contribution in [0.3, 0.4) is 0 Å². The molecule has 7 aliphatic rings. The number of carbonyl (C=O) groups is 2. The van der Waals surface area contributed by atoms with E-state index < -0.39 is 23.3 Å². The SMILES string of the molecule is Cc1cc(N2Cc3ccc(F)cc3OC(C3CC3c3cc(N4CCc5cc(F)ccc5C4)cc(C)c3NC(=O)CC3(C)CC(F)(F)C3)C2)cc(C)c1NC(=O)CC12CC(C1)[C@@H](F)C2. The Balaban J connectivity index is 0.930. The number of halogens is 5. The maximum absolute atomic E-state index is 14.9. The largest absolute Gasteiger partial charge is 0.488 e. The van der Waals surface area contributed by atoms with E-state index in [1.165, 1.54) is 18.2 Å². The topological polar surface area (TPSA) is 73.9 Å². The second-order valence-corrected chi connectivity index (χ2v) is 20.4. The monoisotopic (exact) mass is 866 g/mol. The van der Waals surface area contributed by atoms with Crippen LogP contribution in [0.15, 0.2) is 60.7 Å². The minimum Gasteiger partial charge on any atom is -0.488 e. The number of benzene rings is 4. The second-order valence-electron chi connectivity index (χ2n) is 20.4. The molecule has 12 heteroatoms. The third-order valence-electron chi connectivity index (χ3n) is 15.1. The summed E-state index contributed by atoms with van der Waals surface area (Å²) >= 11 is 0. The second kappa shape index (κ2) is 15.3. The van der Waals surface area contributed by atoms with Crippen molar-refractivity contribution in [3.05, 3.63) is 111 Å². The van der Waals surface area contributed by atoms with Crippen LogP contribution < -0.4 is 25.2 Å². The molecule has 11 rings (SSSR count). The summed E-state index contributed by atoms with van der Waals surface area (Å²) < 4.78 is 77.9. The van der Waals surface area contributed by atoms with E-state index in [1.54, 1.807) is 19.1 Å². The van der Waals surface area contributed by atoms with Crippen LogP contribution in [0.5, 0.6) is 5.75 Å². The van der Waals surface area contributed by atoms with Crippen molar-refractivity contribution >= 4 is 34.6 Å². The van der Waals surface area contributed by atoms with Crippen molar-refractivity contribution < 1.29 is 36.3 Å². The van der Waals surface area contributed by atoms with Crippen LogP contribution in [0.1, 0.15) is 103 Å². The van der Waals surface area contributed by atoms with Crippen molar-refractivity contribution in [2.45, 2.75) is 123 Å². The molecule has 5 aliphatic carbocycles. The van der Waals surface area contributed by atoms with Gasteiger partial charge >= 0.3 is 0 Å². The van der Waals surface area contributed by atoms with Crippen molar-refractivity contribution in [1.82, 2.24) is 0 Å². The molecule has 332 valence electrons. The summed E-state index contributed by atoms with van der Waals surface area (Å²) in [5.74, 6) is -3.24. The van der Waals surface area contributed by atoms with Gasteiger partial charge in [0.2, 0.25) is 17.7 Å². The lowest BCUT2D eigenvalue weighted by atomic mass is 9.65. The normalized spacial score (nSPS) is 27.2. The first-order valence-corrected chi connectivity index (χ1v) is 22.5. The fourth-order valence-corrected chi connectivity index (χ4v) is 12.1.